The Morgan fingerprint density at radius 3 is 2.84 bits per heavy atom. The van der Waals surface area contributed by atoms with Gasteiger partial charge in [0.15, 0.2) is 0 Å². The Hall–Kier alpha value is -1.84. The van der Waals surface area contributed by atoms with Gasteiger partial charge in [0.2, 0.25) is 0 Å². The quantitative estimate of drug-likeness (QED) is 0.916. The van der Waals surface area contributed by atoms with E-state index in [4.69, 9.17) is 0 Å². The molecule has 1 saturated carbocycles. The predicted octanol–water partition coefficient (Wildman–Crippen LogP) is 3.26. The summed E-state index contributed by atoms with van der Waals surface area (Å²) in [6, 6.07) is 4.72. The molecule has 0 aliphatic heterocycles. The first-order valence-corrected chi connectivity index (χ1v) is 7.04. The number of imidazole rings is 1. The zero-order valence-corrected chi connectivity index (χ0v) is 11.3. The van der Waals surface area contributed by atoms with Gasteiger partial charge in [-0.1, -0.05) is 19.8 Å². The minimum atomic E-state index is 0.592. The molecule has 1 fully saturated rings. The Bertz CT molecular complexity index is 503. The molecule has 2 atom stereocenters. The van der Waals surface area contributed by atoms with Crippen molar-refractivity contribution in [2.75, 3.05) is 5.32 Å². The fourth-order valence-electron chi connectivity index (χ4n) is 2.76. The first-order chi connectivity index (χ1) is 9.33. The number of rotatable bonds is 3. The monoisotopic (exact) mass is 256 g/mol. The van der Waals surface area contributed by atoms with Gasteiger partial charge in [0.05, 0.1) is 11.9 Å². The second-order valence-electron chi connectivity index (χ2n) is 5.39. The first-order valence-electron chi connectivity index (χ1n) is 7.04. The van der Waals surface area contributed by atoms with Crippen LogP contribution in [0.4, 0.5) is 5.69 Å². The van der Waals surface area contributed by atoms with Gasteiger partial charge in [0.25, 0.3) is 0 Å². The van der Waals surface area contributed by atoms with Gasteiger partial charge in [0, 0.05) is 18.4 Å². The lowest BCUT2D eigenvalue weighted by atomic mass is 9.86. The first kappa shape index (κ1) is 12.2. The molecule has 0 saturated heterocycles. The minimum absolute atomic E-state index is 0.592. The Morgan fingerprint density at radius 1 is 1.26 bits per heavy atom. The van der Waals surface area contributed by atoms with E-state index in [-0.39, 0.29) is 0 Å². The third-order valence-electron chi connectivity index (χ3n) is 3.98. The lowest BCUT2D eigenvalue weighted by Gasteiger charge is -2.30. The summed E-state index contributed by atoms with van der Waals surface area (Å²) in [7, 11) is 0. The van der Waals surface area contributed by atoms with Crippen molar-refractivity contribution in [3.8, 4) is 5.82 Å². The molecule has 2 heterocycles. The molecular weight excluding hydrogens is 236 g/mol. The highest BCUT2D eigenvalue weighted by Crippen LogP contribution is 2.26. The van der Waals surface area contributed by atoms with Crippen molar-refractivity contribution < 1.29 is 0 Å². The molecule has 0 bridgehead atoms. The third-order valence-corrected chi connectivity index (χ3v) is 3.98. The van der Waals surface area contributed by atoms with Gasteiger partial charge in [0.1, 0.15) is 12.1 Å². The normalized spacial score (nSPS) is 23.2. The molecule has 1 aliphatic rings. The van der Waals surface area contributed by atoms with Crippen molar-refractivity contribution in [2.24, 2.45) is 5.92 Å². The minimum Gasteiger partial charge on any atom is -0.381 e. The number of nitrogens with zero attached hydrogens (tertiary/aromatic N) is 3. The maximum atomic E-state index is 4.47. The van der Waals surface area contributed by atoms with Crippen LogP contribution in [0.3, 0.4) is 0 Å². The molecule has 0 amide bonds. The maximum absolute atomic E-state index is 4.47. The van der Waals surface area contributed by atoms with Crippen LogP contribution in [0.15, 0.2) is 37.1 Å². The number of hydrogen-bond acceptors (Lipinski definition) is 3. The van der Waals surface area contributed by atoms with Crippen molar-refractivity contribution >= 4 is 5.69 Å². The van der Waals surface area contributed by atoms with E-state index in [1.54, 1.807) is 12.5 Å². The van der Waals surface area contributed by atoms with Crippen molar-refractivity contribution in [3.63, 3.8) is 0 Å². The molecule has 19 heavy (non-hydrogen) atoms. The highest BCUT2D eigenvalue weighted by molar-refractivity contribution is 5.44. The zero-order valence-electron chi connectivity index (χ0n) is 11.3. The topological polar surface area (TPSA) is 42.7 Å². The zero-order chi connectivity index (χ0) is 13.1. The molecule has 1 N–H and O–H groups in total. The second kappa shape index (κ2) is 5.43. The molecule has 4 heteroatoms. The molecule has 4 nitrogen and oxygen atoms in total. The van der Waals surface area contributed by atoms with E-state index in [0.717, 1.165) is 17.4 Å². The largest absolute Gasteiger partial charge is 0.381 e. The third kappa shape index (κ3) is 2.78. The summed E-state index contributed by atoms with van der Waals surface area (Å²) in [5, 5.41) is 3.62. The van der Waals surface area contributed by atoms with Gasteiger partial charge in [-0.25, -0.2) is 9.97 Å². The fourth-order valence-corrected chi connectivity index (χ4v) is 2.76. The molecule has 3 rings (SSSR count). The molecule has 2 aromatic heterocycles. The summed E-state index contributed by atoms with van der Waals surface area (Å²) in [6.45, 7) is 2.34. The Morgan fingerprint density at radius 2 is 2.16 bits per heavy atom. The summed E-state index contributed by atoms with van der Waals surface area (Å²) >= 11 is 0. The van der Waals surface area contributed by atoms with Crippen LogP contribution in [0.2, 0.25) is 0 Å². The molecular formula is C15H20N4. The Labute approximate surface area is 113 Å². The van der Waals surface area contributed by atoms with Gasteiger partial charge in [-0.2, -0.15) is 0 Å². The Balaban J connectivity index is 1.69. The van der Waals surface area contributed by atoms with Gasteiger partial charge >= 0.3 is 0 Å². The van der Waals surface area contributed by atoms with Gasteiger partial charge in [-0.05, 0) is 30.9 Å². The molecule has 2 aromatic rings. The number of nitrogens with one attached hydrogen (secondary N) is 1. The van der Waals surface area contributed by atoms with E-state index in [1.165, 1.54) is 25.7 Å². The van der Waals surface area contributed by atoms with Crippen molar-refractivity contribution in [1.82, 2.24) is 14.5 Å². The van der Waals surface area contributed by atoms with E-state index in [0.29, 0.717) is 6.04 Å². The van der Waals surface area contributed by atoms with Crippen LogP contribution in [0.5, 0.6) is 0 Å². The SMILES string of the molecule is CC1CCCCC1Nc1ccc(-n2ccnc2)nc1. The van der Waals surface area contributed by atoms with Crippen LogP contribution in [-0.2, 0) is 0 Å². The molecule has 0 aromatic carbocycles. The smallest absolute Gasteiger partial charge is 0.137 e. The van der Waals surface area contributed by atoms with Crippen LogP contribution in [0, 0.1) is 5.92 Å². The number of anilines is 1. The van der Waals surface area contributed by atoms with Crippen LogP contribution in [0.25, 0.3) is 5.82 Å². The van der Waals surface area contributed by atoms with Gasteiger partial charge in [-0.3, -0.25) is 4.57 Å². The molecule has 0 spiro atoms. The van der Waals surface area contributed by atoms with E-state index in [2.05, 4.69) is 28.3 Å². The van der Waals surface area contributed by atoms with Gasteiger partial charge < -0.3 is 5.32 Å². The second-order valence-corrected chi connectivity index (χ2v) is 5.39. The lowest BCUT2D eigenvalue weighted by molar-refractivity contribution is 0.349. The van der Waals surface area contributed by atoms with Crippen LogP contribution < -0.4 is 5.32 Å². The predicted molar refractivity (Wildman–Crippen MR) is 76.4 cm³/mol. The van der Waals surface area contributed by atoms with Crippen LogP contribution in [0.1, 0.15) is 32.6 Å². The molecule has 0 radical (unpaired) electrons. The highest BCUT2D eigenvalue weighted by Gasteiger charge is 2.20. The van der Waals surface area contributed by atoms with E-state index < -0.39 is 0 Å². The molecule has 100 valence electrons. The average molecular weight is 256 g/mol. The summed E-state index contributed by atoms with van der Waals surface area (Å²) in [4.78, 5) is 8.50. The van der Waals surface area contributed by atoms with Crippen LogP contribution in [-0.4, -0.2) is 20.6 Å². The fraction of sp³-hybridized carbons (Fsp3) is 0.467. The maximum Gasteiger partial charge on any atom is 0.137 e. The van der Waals surface area contributed by atoms with Crippen molar-refractivity contribution in [1.29, 1.82) is 0 Å². The molecule has 2 unspecified atom stereocenters. The Kier molecular flexibility index (Phi) is 3.49. The molecule has 1 aliphatic carbocycles. The van der Waals surface area contributed by atoms with Crippen molar-refractivity contribution in [3.05, 3.63) is 37.1 Å². The van der Waals surface area contributed by atoms with E-state index in [1.807, 2.05) is 23.0 Å². The standard InChI is InChI=1S/C15H20N4/c1-12-4-2-3-5-14(12)18-13-6-7-15(17-10-13)19-9-8-16-11-19/h6-12,14,18H,2-5H2,1H3. The van der Waals surface area contributed by atoms with E-state index in [9.17, 15) is 0 Å². The summed E-state index contributed by atoms with van der Waals surface area (Å²) in [6.07, 6.45) is 12.6. The van der Waals surface area contributed by atoms with Crippen LogP contribution >= 0.6 is 0 Å². The summed E-state index contributed by atoms with van der Waals surface area (Å²) < 4.78 is 1.91. The number of pyridine rings is 1. The van der Waals surface area contributed by atoms with Gasteiger partial charge in [-0.15, -0.1) is 0 Å². The summed E-state index contributed by atoms with van der Waals surface area (Å²) in [5.74, 6) is 1.65. The number of hydrogen-bond donors (Lipinski definition) is 1. The number of aromatic nitrogens is 3. The van der Waals surface area contributed by atoms with E-state index >= 15 is 0 Å². The highest BCUT2D eigenvalue weighted by atomic mass is 15.1. The average Bonchev–Trinajstić information content (AvgIpc) is 2.96. The van der Waals surface area contributed by atoms with Crippen molar-refractivity contribution in [2.45, 2.75) is 38.6 Å². The lowest BCUT2D eigenvalue weighted by Crippen LogP contribution is -2.30. The summed E-state index contributed by atoms with van der Waals surface area (Å²) in [5.41, 5.74) is 1.11.